The number of halogens is 1. The molecule has 0 saturated heterocycles. The Morgan fingerprint density at radius 3 is 2.50 bits per heavy atom. The first kappa shape index (κ1) is 12.9. The van der Waals surface area contributed by atoms with Gasteiger partial charge in [0.2, 0.25) is 10.0 Å². The Bertz CT molecular complexity index is 446. The number of nitrogens with zero attached hydrogens (tertiary/aromatic N) is 1. The normalized spacial score (nSPS) is 11.8. The molecule has 0 bridgehead atoms. The molecule has 1 aromatic carbocycles. The van der Waals surface area contributed by atoms with Crippen molar-refractivity contribution >= 4 is 15.7 Å². The summed E-state index contributed by atoms with van der Waals surface area (Å²) in [4.78, 5) is 1.75. The quantitative estimate of drug-likeness (QED) is 0.847. The van der Waals surface area contributed by atoms with Gasteiger partial charge in [-0.3, -0.25) is 4.72 Å². The van der Waals surface area contributed by atoms with Crippen LogP contribution in [0.4, 0.5) is 10.1 Å². The Hall–Kier alpha value is -1.14. The Morgan fingerprint density at radius 2 is 1.94 bits per heavy atom. The van der Waals surface area contributed by atoms with Gasteiger partial charge in [0.25, 0.3) is 0 Å². The highest BCUT2D eigenvalue weighted by Crippen LogP contribution is 2.14. The molecule has 0 aromatic heterocycles. The van der Waals surface area contributed by atoms with E-state index >= 15 is 0 Å². The monoisotopic (exact) mass is 246 g/mol. The lowest BCUT2D eigenvalue weighted by Crippen LogP contribution is -2.26. The summed E-state index contributed by atoms with van der Waals surface area (Å²) in [6.45, 7) is 0.393. The standard InChI is InChI=1S/C10H15FN2O2S/c1-13(2)7-8-16(14,15)12-10-6-4-3-5-9(10)11/h3-6,12H,7-8H2,1-2H3. The topological polar surface area (TPSA) is 49.4 Å². The van der Waals surface area contributed by atoms with Gasteiger partial charge in [0.15, 0.2) is 0 Å². The first-order chi connectivity index (χ1) is 7.41. The van der Waals surface area contributed by atoms with Gasteiger partial charge in [-0.1, -0.05) is 12.1 Å². The van der Waals surface area contributed by atoms with Crippen LogP contribution in [0.25, 0.3) is 0 Å². The maximum atomic E-state index is 13.2. The van der Waals surface area contributed by atoms with Gasteiger partial charge in [0.1, 0.15) is 5.82 Å². The minimum absolute atomic E-state index is 0.0127. The molecule has 0 aliphatic carbocycles. The van der Waals surface area contributed by atoms with Gasteiger partial charge < -0.3 is 4.90 Å². The molecule has 0 unspecified atom stereocenters. The molecule has 0 spiro atoms. The van der Waals surface area contributed by atoms with E-state index in [-0.39, 0.29) is 11.4 Å². The van der Waals surface area contributed by atoms with Crippen LogP contribution in [0.5, 0.6) is 0 Å². The maximum Gasteiger partial charge on any atom is 0.234 e. The summed E-state index contributed by atoms with van der Waals surface area (Å²) >= 11 is 0. The second-order valence-electron chi connectivity index (χ2n) is 3.70. The van der Waals surface area contributed by atoms with Crippen LogP contribution in [0, 0.1) is 5.82 Å². The van der Waals surface area contributed by atoms with Crippen molar-refractivity contribution in [3.8, 4) is 0 Å². The van der Waals surface area contributed by atoms with E-state index in [1.54, 1.807) is 25.1 Å². The number of hydrogen-bond donors (Lipinski definition) is 1. The Kier molecular flexibility index (Phi) is 4.26. The van der Waals surface area contributed by atoms with Crippen LogP contribution in [0.15, 0.2) is 24.3 Å². The van der Waals surface area contributed by atoms with Gasteiger partial charge in [0.05, 0.1) is 11.4 Å². The SMILES string of the molecule is CN(C)CCS(=O)(=O)Nc1ccccc1F. The molecule has 1 N–H and O–H groups in total. The molecule has 6 heteroatoms. The zero-order valence-corrected chi connectivity index (χ0v) is 10.1. The van der Waals surface area contributed by atoms with E-state index in [2.05, 4.69) is 4.72 Å². The average Bonchev–Trinajstić information content (AvgIpc) is 2.19. The van der Waals surface area contributed by atoms with Crippen molar-refractivity contribution < 1.29 is 12.8 Å². The fourth-order valence-electron chi connectivity index (χ4n) is 1.07. The molecule has 1 rings (SSSR count). The fourth-order valence-corrected chi connectivity index (χ4v) is 2.27. The van der Waals surface area contributed by atoms with Crippen molar-refractivity contribution in [1.29, 1.82) is 0 Å². The fraction of sp³-hybridized carbons (Fsp3) is 0.400. The summed E-state index contributed by atoms with van der Waals surface area (Å²) in [5, 5.41) is 0. The van der Waals surface area contributed by atoms with Crippen LogP contribution in [-0.2, 0) is 10.0 Å². The summed E-state index contributed by atoms with van der Waals surface area (Å²) in [7, 11) is 0.0690. The van der Waals surface area contributed by atoms with Crippen molar-refractivity contribution in [3.63, 3.8) is 0 Å². The molecule has 16 heavy (non-hydrogen) atoms. The Balaban J connectivity index is 2.70. The summed E-state index contributed by atoms with van der Waals surface area (Å²) in [5.74, 6) is -0.634. The van der Waals surface area contributed by atoms with E-state index in [1.165, 1.54) is 18.2 Å². The van der Waals surface area contributed by atoms with Crippen LogP contribution in [0.3, 0.4) is 0 Å². The molecule has 90 valence electrons. The highest BCUT2D eigenvalue weighted by Gasteiger charge is 2.12. The largest absolute Gasteiger partial charge is 0.308 e. The van der Waals surface area contributed by atoms with E-state index in [1.807, 2.05) is 0 Å². The molecule has 0 aliphatic heterocycles. The van der Waals surface area contributed by atoms with E-state index in [9.17, 15) is 12.8 Å². The molecular formula is C10H15FN2O2S. The summed E-state index contributed by atoms with van der Waals surface area (Å²) < 4.78 is 38.5. The summed E-state index contributed by atoms with van der Waals surface area (Å²) in [5.41, 5.74) is -0.0127. The van der Waals surface area contributed by atoms with Crippen LogP contribution in [0.2, 0.25) is 0 Å². The molecule has 1 aromatic rings. The predicted octanol–water partition coefficient (Wildman–Crippen LogP) is 1.13. The lowest BCUT2D eigenvalue weighted by atomic mass is 10.3. The Labute approximate surface area is 95.1 Å². The van der Waals surface area contributed by atoms with E-state index in [0.29, 0.717) is 6.54 Å². The van der Waals surface area contributed by atoms with Gasteiger partial charge in [0, 0.05) is 6.54 Å². The predicted molar refractivity (Wildman–Crippen MR) is 62.4 cm³/mol. The van der Waals surface area contributed by atoms with Gasteiger partial charge in [-0.25, -0.2) is 12.8 Å². The lowest BCUT2D eigenvalue weighted by Gasteiger charge is -2.11. The lowest BCUT2D eigenvalue weighted by molar-refractivity contribution is 0.432. The minimum Gasteiger partial charge on any atom is -0.308 e. The van der Waals surface area contributed by atoms with E-state index < -0.39 is 15.8 Å². The second kappa shape index (κ2) is 5.27. The molecule has 0 atom stereocenters. The first-order valence-corrected chi connectivity index (χ1v) is 6.46. The average molecular weight is 246 g/mol. The number of anilines is 1. The van der Waals surface area contributed by atoms with Crippen LogP contribution >= 0.6 is 0 Å². The molecule has 0 amide bonds. The highest BCUT2D eigenvalue weighted by atomic mass is 32.2. The zero-order valence-electron chi connectivity index (χ0n) is 9.27. The van der Waals surface area contributed by atoms with E-state index in [0.717, 1.165) is 0 Å². The van der Waals surface area contributed by atoms with Crippen molar-refractivity contribution in [2.75, 3.05) is 31.1 Å². The molecule has 0 aliphatic rings. The summed E-state index contributed by atoms with van der Waals surface area (Å²) in [6, 6.07) is 5.69. The van der Waals surface area contributed by atoms with Gasteiger partial charge in [-0.05, 0) is 26.2 Å². The van der Waals surface area contributed by atoms with Gasteiger partial charge in [-0.2, -0.15) is 0 Å². The zero-order chi connectivity index (χ0) is 12.2. The molecule has 0 saturated carbocycles. The molecule has 0 fully saturated rings. The molecular weight excluding hydrogens is 231 g/mol. The highest BCUT2D eigenvalue weighted by molar-refractivity contribution is 7.92. The number of hydrogen-bond acceptors (Lipinski definition) is 3. The van der Waals surface area contributed by atoms with Crippen molar-refractivity contribution in [3.05, 3.63) is 30.1 Å². The molecule has 4 nitrogen and oxygen atoms in total. The summed E-state index contributed by atoms with van der Waals surface area (Å²) in [6.07, 6.45) is 0. The van der Waals surface area contributed by atoms with Crippen LogP contribution < -0.4 is 4.72 Å². The third-order valence-electron chi connectivity index (χ3n) is 1.95. The van der Waals surface area contributed by atoms with Gasteiger partial charge >= 0.3 is 0 Å². The third-order valence-corrected chi connectivity index (χ3v) is 3.20. The third kappa shape index (κ3) is 4.16. The Morgan fingerprint density at radius 1 is 1.31 bits per heavy atom. The maximum absolute atomic E-state index is 13.2. The number of sulfonamides is 1. The number of benzene rings is 1. The number of rotatable bonds is 5. The van der Waals surface area contributed by atoms with Gasteiger partial charge in [-0.15, -0.1) is 0 Å². The number of nitrogens with one attached hydrogen (secondary N) is 1. The van der Waals surface area contributed by atoms with Crippen molar-refractivity contribution in [2.45, 2.75) is 0 Å². The molecule has 0 heterocycles. The first-order valence-electron chi connectivity index (χ1n) is 4.80. The number of para-hydroxylation sites is 1. The van der Waals surface area contributed by atoms with E-state index in [4.69, 9.17) is 0 Å². The van der Waals surface area contributed by atoms with Crippen LogP contribution in [-0.4, -0.2) is 39.7 Å². The van der Waals surface area contributed by atoms with Crippen LogP contribution in [0.1, 0.15) is 0 Å². The minimum atomic E-state index is -3.48. The second-order valence-corrected chi connectivity index (χ2v) is 5.55. The van der Waals surface area contributed by atoms with Crippen molar-refractivity contribution in [2.24, 2.45) is 0 Å². The molecule has 0 radical (unpaired) electrons. The van der Waals surface area contributed by atoms with Crippen molar-refractivity contribution in [1.82, 2.24) is 4.90 Å². The smallest absolute Gasteiger partial charge is 0.234 e.